The molecule has 0 aliphatic carbocycles. The van der Waals surface area contributed by atoms with E-state index >= 15 is 0 Å². The van der Waals surface area contributed by atoms with E-state index in [1.807, 2.05) is 30.3 Å². The van der Waals surface area contributed by atoms with E-state index in [1.54, 1.807) is 24.3 Å². The summed E-state index contributed by atoms with van der Waals surface area (Å²) in [4.78, 5) is 22.6. The standard InChI is InChI=1S/C16H15N3O2/c1-12(20)11-16(21)17-14-9-5-6-10-15(14)19-18-13-7-3-2-4-8-13/h2-10H,11H2,1H3,(H,17,21). The Balaban J connectivity index is 2.15. The molecule has 0 atom stereocenters. The number of anilines is 1. The zero-order chi connectivity index (χ0) is 15.1. The zero-order valence-electron chi connectivity index (χ0n) is 11.6. The zero-order valence-corrected chi connectivity index (χ0v) is 11.6. The summed E-state index contributed by atoms with van der Waals surface area (Å²) in [7, 11) is 0. The highest BCUT2D eigenvalue weighted by Gasteiger charge is 2.08. The van der Waals surface area contributed by atoms with Gasteiger partial charge < -0.3 is 5.32 Å². The molecule has 2 rings (SSSR count). The Kier molecular flexibility index (Phi) is 4.93. The Morgan fingerprint density at radius 3 is 2.33 bits per heavy atom. The number of hydrogen-bond donors (Lipinski definition) is 1. The van der Waals surface area contributed by atoms with Crippen LogP contribution in [0.25, 0.3) is 0 Å². The van der Waals surface area contributed by atoms with Gasteiger partial charge in [-0.15, -0.1) is 5.11 Å². The van der Waals surface area contributed by atoms with E-state index in [0.717, 1.165) is 5.69 Å². The molecule has 0 saturated heterocycles. The van der Waals surface area contributed by atoms with Crippen LogP contribution in [0, 0.1) is 0 Å². The molecule has 0 bridgehead atoms. The Hall–Kier alpha value is -2.82. The number of Topliss-reactive ketones (excluding diaryl/α,β-unsaturated/α-hetero) is 1. The molecule has 106 valence electrons. The third kappa shape index (κ3) is 4.65. The number of carbonyl (C=O) groups excluding carboxylic acids is 2. The first-order valence-corrected chi connectivity index (χ1v) is 6.50. The second-order valence-corrected chi connectivity index (χ2v) is 4.48. The lowest BCUT2D eigenvalue weighted by Gasteiger charge is -2.06. The maximum Gasteiger partial charge on any atom is 0.231 e. The minimum absolute atomic E-state index is 0.149. The number of carbonyl (C=O) groups is 2. The van der Waals surface area contributed by atoms with Crippen molar-refractivity contribution in [1.29, 1.82) is 0 Å². The smallest absolute Gasteiger partial charge is 0.231 e. The van der Waals surface area contributed by atoms with E-state index in [0.29, 0.717) is 11.4 Å². The SMILES string of the molecule is CC(=O)CC(=O)Nc1ccccc1N=Nc1ccccc1. The van der Waals surface area contributed by atoms with Gasteiger partial charge in [0, 0.05) is 0 Å². The molecular weight excluding hydrogens is 266 g/mol. The van der Waals surface area contributed by atoms with Crippen LogP contribution in [0.4, 0.5) is 17.1 Å². The van der Waals surface area contributed by atoms with Gasteiger partial charge in [-0.3, -0.25) is 9.59 Å². The van der Waals surface area contributed by atoms with Gasteiger partial charge in [-0.25, -0.2) is 0 Å². The van der Waals surface area contributed by atoms with E-state index in [4.69, 9.17) is 0 Å². The summed E-state index contributed by atoms with van der Waals surface area (Å²) < 4.78 is 0. The minimum Gasteiger partial charge on any atom is -0.324 e. The topological polar surface area (TPSA) is 70.9 Å². The van der Waals surface area contributed by atoms with Crippen LogP contribution in [-0.4, -0.2) is 11.7 Å². The van der Waals surface area contributed by atoms with Gasteiger partial charge in [0.1, 0.15) is 11.5 Å². The van der Waals surface area contributed by atoms with Crippen LogP contribution in [0.15, 0.2) is 64.8 Å². The second kappa shape index (κ2) is 7.09. The molecule has 0 aliphatic heterocycles. The number of nitrogens with one attached hydrogen (secondary N) is 1. The van der Waals surface area contributed by atoms with Crippen LogP contribution in [-0.2, 0) is 9.59 Å². The van der Waals surface area contributed by atoms with Crippen molar-refractivity contribution in [3.8, 4) is 0 Å². The van der Waals surface area contributed by atoms with E-state index in [-0.39, 0.29) is 18.1 Å². The summed E-state index contributed by atoms with van der Waals surface area (Å²) in [5, 5.41) is 10.9. The molecule has 1 N–H and O–H groups in total. The summed E-state index contributed by atoms with van der Waals surface area (Å²) in [6.07, 6.45) is -0.149. The third-order valence-corrected chi connectivity index (χ3v) is 2.62. The van der Waals surface area contributed by atoms with E-state index in [1.165, 1.54) is 6.92 Å². The fourth-order valence-corrected chi connectivity index (χ4v) is 1.69. The monoisotopic (exact) mass is 281 g/mol. The number of para-hydroxylation sites is 1. The fourth-order valence-electron chi connectivity index (χ4n) is 1.69. The van der Waals surface area contributed by atoms with E-state index < -0.39 is 0 Å². The van der Waals surface area contributed by atoms with Crippen molar-refractivity contribution in [3.05, 3.63) is 54.6 Å². The molecule has 2 aromatic carbocycles. The summed E-state index contributed by atoms with van der Waals surface area (Å²) in [6, 6.07) is 16.4. The third-order valence-electron chi connectivity index (χ3n) is 2.62. The number of azo groups is 1. The van der Waals surface area contributed by atoms with Crippen molar-refractivity contribution in [2.24, 2.45) is 10.2 Å². The van der Waals surface area contributed by atoms with Gasteiger partial charge in [-0.1, -0.05) is 30.3 Å². The van der Waals surface area contributed by atoms with Gasteiger partial charge in [0.05, 0.1) is 17.8 Å². The van der Waals surface area contributed by atoms with Gasteiger partial charge >= 0.3 is 0 Å². The molecule has 0 fully saturated rings. The van der Waals surface area contributed by atoms with Gasteiger partial charge in [-0.2, -0.15) is 5.11 Å². The summed E-state index contributed by atoms with van der Waals surface area (Å²) in [5.41, 5.74) is 1.80. The summed E-state index contributed by atoms with van der Waals surface area (Å²) in [6.45, 7) is 1.38. The molecule has 0 aliphatic rings. The number of nitrogens with zero attached hydrogens (tertiary/aromatic N) is 2. The predicted molar refractivity (Wildman–Crippen MR) is 81.0 cm³/mol. The van der Waals surface area contributed by atoms with Crippen molar-refractivity contribution in [2.75, 3.05) is 5.32 Å². The molecule has 0 unspecified atom stereocenters. The highest BCUT2D eigenvalue weighted by Crippen LogP contribution is 2.26. The first-order valence-electron chi connectivity index (χ1n) is 6.50. The first kappa shape index (κ1) is 14.6. The van der Waals surface area contributed by atoms with Crippen molar-refractivity contribution in [3.63, 3.8) is 0 Å². The maximum atomic E-state index is 11.6. The second-order valence-electron chi connectivity index (χ2n) is 4.48. The summed E-state index contributed by atoms with van der Waals surface area (Å²) >= 11 is 0. The van der Waals surface area contributed by atoms with Crippen LogP contribution < -0.4 is 5.32 Å². The summed E-state index contributed by atoms with van der Waals surface area (Å²) in [5.74, 6) is -0.541. The van der Waals surface area contributed by atoms with Crippen molar-refractivity contribution in [2.45, 2.75) is 13.3 Å². The molecule has 1 amide bonds. The van der Waals surface area contributed by atoms with Crippen molar-refractivity contribution >= 4 is 28.8 Å². The fraction of sp³-hybridized carbons (Fsp3) is 0.125. The van der Waals surface area contributed by atoms with Gasteiger partial charge in [0.25, 0.3) is 0 Å². The van der Waals surface area contributed by atoms with Crippen molar-refractivity contribution < 1.29 is 9.59 Å². The van der Waals surface area contributed by atoms with Gasteiger partial charge in [-0.05, 0) is 31.2 Å². The number of ketones is 1. The van der Waals surface area contributed by atoms with Crippen LogP contribution in [0.1, 0.15) is 13.3 Å². The van der Waals surface area contributed by atoms with Crippen LogP contribution in [0.3, 0.4) is 0 Å². The Bertz CT molecular complexity index is 666. The Morgan fingerprint density at radius 2 is 1.62 bits per heavy atom. The molecule has 2 aromatic rings. The number of amides is 1. The van der Waals surface area contributed by atoms with Gasteiger partial charge in [0.2, 0.25) is 5.91 Å². The van der Waals surface area contributed by atoms with Crippen molar-refractivity contribution in [1.82, 2.24) is 0 Å². The average molecular weight is 281 g/mol. The molecule has 0 aromatic heterocycles. The van der Waals surface area contributed by atoms with Gasteiger partial charge in [0.15, 0.2) is 0 Å². The number of benzene rings is 2. The quantitative estimate of drug-likeness (QED) is 0.664. The van der Waals surface area contributed by atoms with Crippen LogP contribution in [0.5, 0.6) is 0 Å². The Labute approximate surface area is 122 Å². The molecular formula is C16H15N3O2. The highest BCUT2D eigenvalue weighted by atomic mass is 16.2. The first-order chi connectivity index (χ1) is 10.1. The van der Waals surface area contributed by atoms with E-state index in [9.17, 15) is 9.59 Å². The lowest BCUT2D eigenvalue weighted by Crippen LogP contribution is -2.14. The minimum atomic E-state index is -0.357. The van der Waals surface area contributed by atoms with E-state index in [2.05, 4.69) is 15.5 Å². The lowest BCUT2D eigenvalue weighted by molar-refractivity contribution is -0.124. The Morgan fingerprint density at radius 1 is 0.952 bits per heavy atom. The average Bonchev–Trinajstić information content (AvgIpc) is 2.46. The molecule has 0 saturated carbocycles. The largest absolute Gasteiger partial charge is 0.324 e. The number of rotatable bonds is 5. The molecule has 5 heteroatoms. The number of hydrogen-bond acceptors (Lipinski definition) is 4. The lowest BCUT2D eigenvalue weighted by atomic mass is 10.2. The molecule has 5 nitrogen and oxygen atoms in total. The molecule has 0 spiro atoms. The molecule has 0 radical (unpaired) electrons. The molecule has 0 heterocycles. The molecule has 21 heavy (non-hydrogen) atoms. The van der Waals surface area contributed by atoms with Crippen LogP contribution in [0.2, 0.25) is 0 Å². The normalized spacial score (nSPS) is 10.5. The highest BCUT2D eigenvalue weighted by molar-refractivity contribution is 6.04. The maximum absolute atomic E-state index is 11.6. The van der Waals surface area contributed by atoms with Crippen LogP contribution >= 0.6 is 0 Å². The predicted octanol–water partition coefficient (Wildman–Crippen LogP) is 4.02.